The summed E-state index contributed by atoms with van der Waals surface area (Å²) in [6.07, 6.45) is 0. The first kappa shape index (κ1) is 17.8. The fraction of sp³-hybridized carbons (Fsp3) is 0.0952. The van der Waals surface area contributed by atoms with Gasteiger partial charge in [-0.1, -0.05) is 42.0 Å². The quantitative estimate of drug-likeness (QED) is 0.442. The molecule has 0 fully saturated rings. The summed E-state index contributed by atoms with van der Waals surface area (Å²) >= 11 is 7.69. The third kappa shape index (κ3) is 2.76. The molecule has 0 atom stereocenters. The number of carbonyl (C=O) groups is 1. The smallest absolute Gasteiger partial charge is 0.244 e. The Labute approximate surface area is 168 Å². The second-order valence-corrected chi connectivity index (χ2v) is 6.85. The van der Waals surface area contributed by atoms with Crippen LogP contribution in [-0.4, -0.2) is 5.91 Å². The van der Waals surface area contributed by atoms with Crippen molar-refractivity contribution in [2.75, 3.05) is 5.32 Å². The molecule has 1 heterocycles. The first-order valence-corrected chi connectivity index (χ1v) is 9.09. The van der Waals surface area contributed by atoms with Crippen LogP contribution < -0.4 is 13.7 Å². The van der Waals surface area contributed by atoms with Crippen LogP contribution in [0.1, 0.15) is 22.3 Å². The summed E-state index contributed by atoms with van der Waals surface area (Å²) in [6.45, 7) is 2.02. The average Bonchev–Trinajstić information content (AvgIpc) is 3.00. The fourth-order valence-corrected chi connectivity index (χ4v) is 3.93. The van der Waals surface area contributed by atoms with E-state index in [-0.39, 0.29) is 5.91 Å². The van der Waals surface area contributed by atoms with Crippen LogP contribution in [0.25, 0.3) is 0 Å². The topological polar surface area (TPSA) is 47.6 Å². The molecular formula is C21H17NO3S2. The van der Waals surface area contributed by atoms with Gasteiger partial charge in [-0.25, -0.2) is 0 Å². The minimum Gasteiger partial charge on any atom is -0.429 e. The summed E-state index contributed by atoms with van der Waals surface area (Å²) < 4.78 is 9.97. The Kier molecular flexibility index (Phi) is 4.53. The molecule has 1 N–H and O–H groups in total. The van der Waals surface area contributed by atoms with Crippen LogP contribution in [0.2, 0.25) is 0 Å². The van der Waals surface area contributed by atoms with Crippen LogP contribution >= 0.6 is 25.8 Å². The standard InChI is InChI=1S/C21H17NO3S2/c1-13-2-11-19-18(12-13)21(20(23)22-19,14-3-7-16(24-26)8-4-14)15-5-9-17(25-27)10-6-15/h2-12,26-27H,1H3,(H,22,23). The Morgan fingerprint density at radius 3 is 1.81 bits per heavy atom. The summed E-state index contributed by atoms with van der Waals surface area (Å²) in [5.74, 6) is 1.13. The fourth-order valence-electron chi connectivity index (χ4n) is 3.69. The highest BCUT2D eigenvalue weighted by molar-refractivity contribution is 7.75. The molecule has 27 heavy (non-hydrogen) atoms. The van der Waals surface area contributed by atoms with E-state index in [0.29, 0.717) is 11.5 Å². The van der Waals surface area contributed by atoms with E-state index in [9.17, 15) is 4.79 Å². The van der Waals surface area contributed by atoms with Crippen LogP contribution in [-0.2, 0) is 10.2 Å². The van der Waals surface area contributed by atoms with Crippen LogP contribution in [0, 0.1) is 6.92 Å². The first-order chi connectivity index (χ1) is 13.1. The lowest BCUT2D eigenvalue weighted by Crippen LogP contribution is -2.37. The van der Waals surface area contributed by atoms with Gasteiger partial charge in [0.25, 0.3) is 0 Å². The van der Waals surface area contributed by atoms with Crippen molar-refractivity contribution in [3.63, 3.8) is 0 Å². The van der Waals surface area contributed by atoms with Crippen molar-refractivity contribution < 1.29 is 13.2 Å². The summed E-state index contributed by atoms with van der Waals surface area (Å²) in [4.78, 5) is 13.4. The number of carbonyl (C=O) groups excluding carboxylic acids is 1. The number of hydrogen-bond donors (Lipinski definition) is 3. The third-order valence-corrected chi connectivity index (χ3v) is 5.37. The van der Waals surface area contributed by atoms with E-state index in [4.69, 9.17) is 8.37 Å². The van der Waals surface area contributed by atoms with Crippen molar-refractivity contribution in [3.05, 3.63) is 89.0 Å². The highest BCUT2D eigenvalue weighted by atomic mass is 32.1. The molecule has 4 rings (SSSR count). The maximum absolute atomic E-state index is 13.4. The van der Waals surface area contributed by atoms with Crippen LogP contribution in [0.5, 0.6) is 11.5 Å². The van der Waals surface area contributed by atoms with E-state index >= 15 is 0 Å². The predicted molar refractivity (Wildman–Crippen MR) is 112 cm³/mol. The van der Waals surface area contributed by atoms with Crippen molar-refractivity contribution in [3.8, 4) is 11.5 Å². The second kappa shape index (κ2) is 6.87. The molecule has 0 saturated carbocycles. The molecule has 0 aromatic heterocycles. The molecule has 0 bridgehead atoms. The molecule has 0 saturated heterocycles. The lowest BCUT2D eigenvalue weighted by molar-refractivity contribution is -0.118. The van der Waals surface area contributed by atoms with E-state index in [2.05, 4.69) is 37.2 Å². The number of rotatable bonds is 4. The van der Waals surface area contributed by atoms with Crippen molar-refractivity contribution in [2.24, 2.45) is 0 Å². The van der Waals surface area contributed by atoms with Gasteiger partial charge in [-0.2, -0.15) is 0 Å². The van der Waals surface area contributed by atoms with Gasteiger partial charge < -0.3 is 13.7 Å². The van der Waals surface area contributed by atoms with Gasteiger partial charge in [-0.05, 0) is 48.4 Å². The largest absolute Gasteiger partial charge is 0.429 e. The zero-order valence-electron chi connectivity index (χ0n) is 14.5. The monoisotopic (exact) mass is 395 g/mol. The molecule has 1 aliphatic heterocycles. The lowest BCUT2D eigenvalue weighted by Gasteiger charge is -2.29. The maximum atomic E-state index is 13.4. The Bertz CT molecular complexity index is 953. The highest BCUT2D eigenvalue weighted by Crippen LogP contribution is 2.48. The summed E-state index contributed by atoms with van der Waals surface area (Å²) in [5.41, 5.74) is 3.54. The van der Waals surface area contributed by atoms with Crippen LogP contribution in [0.4, 0.5) is 5.69 Å². The summed E-state index contributed by atoms with van der Waals surface area (Å²) in [7, 11) is 0. The Balaban J connectivity index is 2.01. The molecule has 6 heteroatoms. The number of fused-ring (bicyclic) bond motifs is 1. The van der Waals surface area contributed by atoms with Gasteiger partial charge in [0.1, 0.15) is 16.9 Å². The van der Waals surface area contributed by atoms with E-state index in [1.54, 1.807) is 24.3 Å². The Morgan fingerprint density at radius 1 is 0.815 bits per heavy atom. The number of anilines is 1. The molecule has 3 aromatic rings. The van der Waals surface area contributed by atoms with E-state index in [1.807, 2.05) is 43.3 Å². The number of thiol groups is 2. The molecule has 136 valence electrons. The van der Waals surface area contributed by atoms with Gasteiger partial charge in [0, 0.05) is 37.1 Å². The van der Waals surface area contributed by atoms with Crippen LogP contribution in [0.15, 0.2) is 66.7 Å². The first-order valence-electron chi connectivity index (χ1n) is 8.36. The Hall–Kier alpha value is -2.57. The average molecular weight is 396 g/mol. The molecule has 0 radical (unpaired) electrons. The SMILES string of the molecule is Cc1ccc2c(c1)C(c1ccc(OS)cc1)(c1ccc(OS)cc1)C(=O)N2. The van der Waals surface area contributed by atoms with Gasteiger partial charge >= 0.3 is 0 Å². The van der Waals surface area contributed by atoms with Crippen molar-refractivity contribution in [2.45, 2.75) is 12.3 Å². The van der Waals surface area contributed by atoms with Gasteiger partial charge in [0.2, 0.25) is 5.91 Å². The predicted octanol–water partition coefficient (Wildman–Crippen LogP) is 4.73. The van der Waals surface area contributed by atoms with Crippen LogP contribution in [0.3, 0.4) is 0 Å². The molecule has 1 aliphatic rings. The molecular weight excluding hydrogens is 378 g/mol. The zero-order valence-corrected chi connectivity index (χ0v) is 16.3. The number of nitrogens with one attached hydrogen (secondary N) is 1. The minimum absolute atomic E-state index is 0.0952. The summed E-state index contributed by atoms with van der Waals surface area (Å²) in [5, 5.41) is 3.04. The maximum Gasteiger partial charge on any atom is 0.244 e. The van der Waals surface area contributed by atoms with Gasteiger partial charge in [-0.3, -0.25) is 4.79 Å². The molecule has 0 aliphatic carbocycles. The number of amides is 1. The molecule has 0 spiro atoms. The molecule has 3 aromatic carbocycles. The number of benzene rings is 3. The van der Waals surface area contributed by atoms with Crippen molar-refractivity contribution in [1.29, 1.82) is 0 Å². The Morgan fingerprint density at radius 2 is 1.33 bits per heavy atom. The third-order valence-electron chi connectivity index (χ3n) is 4.95. The molecule has 0 unspecified atom stereocenters. The number of hydrogen-bond acceptors (Lipinski definition) is 5. The van der Waals surface area contributed by atoms with Gasteiger partial charge in [0.05, 0.1) is 0 Å². The van der Waals surface area contributed by atoms with Crippen molar-refractivity contribution in [1.82, 2.24) is 0 Å². The van der Waals surface area contributed by atoms with E-state index in [1.165, 1.54) is 0 Å². The van der Waals surface area contributed by atoms with E-state index < -0.39 is 5.41 Å². The van der Waals surface area contributed by atoms with E-state index in [0.717, 1.165) is 27.9 Å². The minimum atomic E-state index is -0.967. The van der Waals surface area contributed by atoms with Gasteiger partial charge in [-0.15, -0.1) is 0 Å². The second-order valence-electron chi connectivity index (χ2n) is 6.48. The zero-order chi connectivity index (χ0) is 19.0. The lowest BCUT2D eigenvalue weighted by atomic mass is 9.70. The number of aryl methyl sites for hydroxylation is 1. The highest BCUT2D eigenvalue weighted by Gasteiger charge is 2.49. The van der Waals surface area contributed by atoms with Gasteiger partial charge in [0.15, 0.2) is 0 Å². The summed E-state index contributed by atoms with van der Waals surface area (Å²) in [6, 6.07) is 20.8. The molecule has 4 nitrogen and oxygen atoms in total. The van der Waals surface area contributed by atoms with Crippen molar-refractivity contribution >= 4 is 37.4 Å². The molecule has 1 amide bonds. The normalized spacial score (nSPS) is 14.4.